The smallest absolute Gasteiger partial charge is 0.295 e. The molecule has 150 valence electrons. The monoisotopic (exact) mass is 418 g/mol. The summed E-state index contributed by atoms with van der Waals surface area (Å²) in [5.74, 6) is -0.142. The third-order valence-corrected chi connectivity index (χ3v) is 5.67. The van der Waals surface area contributed by atoms with E-state index in [-0.39, 0.29) is 10.7 Å². The summed E-state index contributed by atoms with van der Waals surface area (Å²) in [5, 5.41) is 0. The van der Waals surface area contributed by atoms with Gasteiger partial charge in [0.15, 0.2) is 15.6 Å². The average molecular weight is 418 g/mol. The Bertz CT molecular complexity index is 1160. The lowest BCUT2D eigenvalue weighted by molar-refractivity contribution is -0.137. The number of alkyl halides is 3. The lowest BCUT2D eigenvalue weighted by Gasteiger charge is -2.15. The first-order valence-corrected chi connectivity index (χ1v) is 10.5. The normalized spacial score (nSPS) is 12.0. The third kappa shape index (κ3) is 4.56. The first-order valence-electron chi connectivity index (χ1n) is 8.60. The Balaban J connectivity index is 2.17. The van der Waals surface area contributed by atoms with Crippen LogP contribution < -0.4 is 0 Å². The van der Waals surface area contributed by atoms with Gasteiger partial charge in [0.25, 0.3) is 0 Å². The van der Waals surface area contributed by atoms with Crippen LogP contribution in [0.3, 0.4) is 0 Å². The van der Waals surface area contributed by atoms with Gasteiger partial charge in [0.1, 0.15) is 0 Å². The summed E-state index contributed by atoms with van der Waals surface area (Å²) in [4.78, 5) is 11.6. The maximum Gasteiger partial charge on any atom is 0.416 e. The molecule has 0 aliphatic rings. The number of sulfone groups is 1. The lowest BCUT2D eigenvalue weighted by atomic mass is 9.92. The molecule has 0 N–H and O–H groups in total. The Morgan fingerprint density at radius 2 is 1.31 bits per heavy atom. The van der Waals surface area contributed by atoms with Crippen LogP contribution in [0.25, 0.3) is 22.3 Å². The van der Waals surface area contributed by atoms with Crippen molar-refractivity contribution in [1.82, 2.24) is 0 Å². The third-order valence-electron chi connectivity index (χ3n) is 4.54. The molecule has 0 bridgehead atoms. The fraction of sp³-hybridized carbons (Fsp3) is 0.136. The van der Waals surface area contributed by atoms with Crippen LogP contribution in [0, 0.1) is 0 Å². The molecule has 0 aliphatic heterocycles. The van der Waals surface area contributed by atoms with E-state index in [1.807, 2.05) is 0 Å². The van der Waals surface area contributed by atoms with Gasteiger partial charge < -0.3 is 0 Å². The van der Waals surface area contributed by atoms with Gasteiger partial charge in [-0.1, -0.05) is 42.5 Å². The first-order chi connectivity index (χ1) is 13.5. The molecule has 29 heavy (non-hydrogen) atoms. The van der Waals surface area contributed by atoms with E-state index >= 15 is 0 Å². The first kappa shape index (κ1) is 20.8. The highest BCUT2D eigenvalue weighted by Crippen LogP contribution is 2.38. The highest BCUT2D eigenvalue weighted by Gasteiger charge is 2.31. The fourth-order valence-corrected chi connectivity index (χ4v) is 3.61. The minimum absolute atomic E-state index is 0.125. The molecule has 3 rings (SSSR count). The van der Waals surface area contributed by atoms with Crippen LogP contribution in [0.5, 0.6) is 0 Å². The summed E-state index contributed by atoms with van der Waals surface area (Å²) in [7, 11) is -3.38. The van der Waals surface area contributed by atoms with E-state index in [9.17, 15) is 26.4 Å². The summed E-state index contributed by atoms with van der Waals surface area (Å²) < 4.78 is 63.1. The molecule has 0 heterocycles. The number of carbonyl (C=O) groups is 1. The van der Waals surface area contributed by atoms with Crippen LogP contribution in [0.15, 0.2) is 71.6 Å². The molecule has 3 aromatic rings. The van der Waals surface area contributed by atoms with E-state index in [0.717, 1.165) is 18.4 Å². The standard InChI is InChI=1S/C22H17F3O3S/c1-14(26)15-3-5-17(6-4-15)21-13-18(22(23,24)25)9-12-20(21)16-7-10-19(11-8-16)29(2,27)28/h3-13H,1-2H3. The van der Waals surface area contributed by atoms with Crippen LogP contribution >= 0.6 is 0 Å². The van der Waals surface area contributed by atoms with Gasteiger partial charge in [-0.2, -0.15) is 13.2 Å². The van der Waals surface area contributed by atoms with E-state index < -0.39 is 21.6 Å². The number of halogens is 3. The number of benzene rings is 3. The second-order valence-electron chi connectivity index (χ2n) is 6.69. The zero-order valence-corrected chi connectivity index (χ0v) is 16.4. The Morgan fingerprint density at radius 1 is 0.793 bits per heavy atom. The fourth-order valence-electron chi connectivity index (χ4n) is 2.98. The molecule has 0 atom stereocenters. The van der Waals surface area contributed by atoms with Crippen molar-refractivity contribution in [2.45, 2.75) is 18.0 Å². The topological polar surface area (TPSA) is 51.2 Å². The van der Waals surface area contributed by atoms with Gasteiger partial charge in [-0.25, -0.2) is 8.42 Å². The maximum atomic E-state index is 13.3. The maximum absolute atomic E-state index is 13.3. The van der Waals surface area contributed by atoms with Gasteiger partial charge in [0.2, 0.25) is 0 Å². The summed E-state index contributed by atoms with van der Waals surface area (Å²) in [5.41, 5.74) is 1.62. The molecule has 0 amide bonds. The van der Waals surface area contributed by atoms with Gasteiger partial charge in [-0.3, -0.25) is 4.79 Å². The molecule has 0 radical (unpaired) electrons. The molecule has 7 heteroatoms. The molecule has 3 nitrogen and oxygen atoms in total. The molecular weight excluding hydrogens is 401 g/mol. The largest absolute Gasteiger partial charge is 0.416 e. The van der Waals surface area contributed by atoms with Crippen LogP contribution in [0.2, 0.25) is 0 Å². The van der Waals surface area contributed by atoms with Gasteiger partial charge in [-0.05, 0) is 53.4 Å². The number of rotatable bonds is 4. The summed E-state index contributed by atoms with van der Waals surface area (Å²) >= 11 is 0. The molecule has 0 saturated heterocycles. The Morgan fingerprint density at radius 3 is 1.79 bits per heavy atom. The highest BCUT2D eigenvalue weighted by atomic mass is 32.2. The van der Waals surface area contributed by atoms with Crippen LogP contribution in [-0.2, 0) is 16.0 Å². The lowest BCUT2D eigenvalue weighted by Crippen LogP contribution is -2.05. The zero-order valence-electron chi connectivity index (χ0n) is 15.6. The SMILES string of the molecule is CC(=O)c1ccc(-c2cc(C(F)(F)F)ccc2-c2ccc(S(C)(=O)=O)cc2)cc1. The molecule has 0 unspecified atom stereocenters. The quantitative estimate of drug-likeness (QED) is 0.515. The Hall–Kier alpha value is -2.93. The van der Waals surface area contributed by atoms with Crippen molar-refractivity contribution < 1.29 is 26.4 Å². The van der Waals surface area contributed by atoms with E-state index in [4.69, 9.17) is 0 Å². The number of carbonyl (C=O) groups excluding carboxylic acids is 1. The van der Waals surface area contributed by atoms with Crippen molar-refractivity contribution in [3.63, 3.8) is 0 Å². The van der Waals surface area contributed by atoms with Crippen molar-refractivity contribution in [2.24, 2.45) is 0 Å². The number of hydrogen-bond donors (Lipinski definition) is 0. The summed E-state index contributed by atoms with van der Waals surface area (Å²) in [6, 6.07) is 15.7. The van der Waals surface area contributed by atoms with Crippen LogP contribution in [-0.4, -0.2) is 20.5 Å². The number of Topliss-reactive ketones (excluding diaryl/α,β-unsaturated/α-hetero) is 1. The Kier molecular flexibility index (Phi) is 5.36. The predicted molar refractivity (Wildman–Crippen MR) is 105 cm³/mol. The minimum atomic E-state index is -4.51. The van der Waals surface area contributed by atoms with Gasteiger partial charge in [-0.15, -0.1) is 0 Å². The van der Waals surface area contributed by atoms with E-state index in [0.29, 0.717) is 27.8 Å². The van der Waals surface area contributed by atoms with Crippen LogP contribution in [0.4, 0.5) is 13.2 Å². The van der Waals surface area contributed by atoms with Crippen molar-refractivity contribution in [1.29, 1.82) is 0 Å². The second kappa shape index (κ2) is 7.48. The van der Waals surface area contributed by atoms with Crippen molar-refractivity contribution in [3.05, 3.63) is 77.9 Å². The van der Waals surface area contributed by atoms with E-state index in [1.165, 1.54) is 25.1 Å². The van der Waals surface area contributed by atoms with Crippen molar-refractivity contribution in [2.75, 3.05) is 6.26 Å². The zero-order chi connectivity index (χ0) is 21.4. The van der Waals surface area contributed by atoms with Gasteiger partial charge >= 0.3 is 6.18 Å². The molecule has 0 spiro atoms. The molecule has 3 aromatic carbocycles. The van der Waals surface area contributed by atoms with Crippen molar-refractivity contribution >= 4 is 15.6 Å². The molecule has 0 aromatic heterocycles. The molecule has 0 saturated carbocycles. The van der Waals surface area contributed by atoms with Crippen LogP contribution in [0.1, 0.15) is 22.8 Å². The predicted octanol–water partition coefficient (Wildman–Crippen LogP) is 5.65. The number of hydrogen-bond acceptors (Lipinski definition) is 3. The Labute approximate surface area is 166 Å². The molecular formula is C22H17F3O3S. The average Bonchev–Trinajstić information content (AvgIpc) is 2.66. The second-order valence-corrected chi connectivity index (χ2v) is 8.70. The summed E-state index contributed by atoms with van der Waals surface area (Å²) in [6.45, 7) is 1.41. The van der Waals surface area contributed by atoms with Crippen molar-refractivity contribution in [3.8, 4) is 22.3 Å². The minimum Gasteiger partial charge on any atom is -0.295 e. The van der Waals surface area contributed by atoms with Gasteiger partial charge in [0.05, 0.1) is 10.5 Å². The molecule has 0 fully saturated rings. The number of ketones is 1. The van der Waals surface area contributed by atoms with E-state index in [2.05, 4.69) is 0 Å². The van der Waals surface area contributed by atoms with Gasteiger partial charge in [0, 0.05) is 11.8 Å². The molecule has 0 aliphatic carbocycles. The highest BCUT2D eigenvalue weighted by molar-refractivity contribution is 7.90. The summed E-state index contributed by atoms with van der Waals surface area (Å²) in [6.07, 6.45) is -3.42. The van der Waals surface area contributed by atoms with E-state index in [1.54, 1.807) is 36.4 Å².